The highest BCUT2D eigenvalue weighted by molar-refractivity contribution is 5.92. The first-order chi connectivity index (χ1) is 11.0. The average molecular weight is 321 g/mol. The average Bonchev–Trinajstić information content (AvgIpc) is 2.52. The molecule has 0 spiro atoms. The molecule has 0 aliphatic carbocycles. The number of hydrogen-bond donors (Lipinski definition) is 2. The fourth-order valence-corrected chi connectivity index (χ4v) is 3.54. The van der Waals surface area contributed by atoms with Gasteiger partial charge in [0.05, 0.1) is 46.0 Å². The Morgan fingerprint density at radius 3 is 2.52 bits per heavy atom. The van der Waals surface area contributed by atoms with E-state index in [0.717, 1.165) is 18.4 Å². The van der Waals surface area contributed by atoms with E-state index in [1.165, 1.54) is 24.4 Å². The molecule has 1 fully saturated rings. The third-order valence-corrected chi connectivity index (χ3v) is 4.47. The minimum absolute atomic E-state index is 0.0231. The number of anilines is 1. The highest BCUT2D eigenvalue weighted by Gasteiger charge is 2.25. The van der Waals surface area contributed by atoms with Crippen molar-refractivity contribution in [3.05, 3.63) is 18.2 Å². The van der Waals surface area contributed by atoms with Crippen LogP contribution in [0.1, 0.15) is 26.7 Å². The fraction of sp³-hybridized carbons (Fsp3) is 0.611. The fourth-order valence-electron chi connectivity index (χ4n) is 3.54. The Hall–Kier alpha value is -1.75. The van der Waals surface area contributed by atoms with E-state index in [9.17, 15) is 4.79 Å². The number of benzene rings is 1. The van der Waals surface area contributed by atoms with Crippen LogP contribution in [-0.2, 0) is 4.79 Å². The van der Waals surface area contributed by atoms with Crippen molar-refractivity contribution in [3.8, 4) is 11.5 Å². The quantitative estimate of drug-likeness (QED) is 0.837. The number of quaternary nitrogens is 1. The van der Waals surface area contributed by atoms with E-state index in [-0.39, 0.29) is 5.91 Å². The van der Waals surface area contributed by atoms with Crippen molar-refractivity contribution in [1.29, 1.82) is 0 Å². The summed E-state index contributed by atoms with van der Waals surface area (Å²) >= 11 is 0. The number of amides is 1. The Morgan fingerprint density at radius 1 is 1.22 bits per heavy atom. The molecule has 0 radical (unpaired) electrons. The van der Waals surface area contributed by atoms with Crippen molar-refractivity contribution in [2.45, 2.75) is 26.7 Å². The molecule has 0 aromatic heterocycles. The Morgan fingerprint density at radius 2 is 1.91 bits per heavy atom. The van der Waals surface area contributed by atoms with Crippen LogP contribution in [0.5, 0.6) is 11.5 Å². The lowest BCUT2D eigenvalue weighted by molar-refractivity contribution is -0.911. The number of rotatable bonds is 6. The molecule has 1 amide bonds. The summed E-state index contributed by atoms with van der Waals surface area (Å²) in [5.41, 5.74) is 0.659. The normalized spacial score (nSPS) is 24.1. The molecule has 1 aliphatic rings. The number of methoxy groups -OCH3 is 2. The van der Waals surface area contributed by atoms with Gasteiger partial charge >= 0.3 is 0 Å². The smallest absolute Gasteiger partial charge is 0.230 e. The number of carbonyl (C=O) groups excluding carboxylic acids is 1. The van der Waals surface area contributed by atoms with Crippen molar-refractivity contribution in [2.24, 2.45) is 11.8 Å². The molecule has 2 rings (SSSR count). The first kappa shape index (κ1) is 17.6. The van der Waals surface area contributed by atoms with Gasteiger partial charge in [0.25, 0.3) is 0 Å². The van der Waals surface area contributed by atoms with Gasteiger partial charge in [-0.1, -0.05) is 13.8 Å². The number of carbonyl (C=O) groups is 1. The van der Waals surface area contributed by atoms with E-state index in [1.54, 1.807) is 26.4 Å². The van der Waals surface area contributed by atoms with Crippen molar-refractivity contribution in [1.82, 2.24) is 0 Å². The molecule has 0 unspecified atom stereocenters. The van der Waals surface area contributed by atoms with Crippen LogP contribution in [0.25, 0.3) is 0 Å². The van der Waals surface area contributed by atoms with Gasteiger partial charge in [-0.3, -0.25) is 4.79 Å². The van der Waals surface area contributed by atoms with Crippen LogP contribution in [0.2, 0.25) is 0 Å². The van der Waals surface area contributed by atoms with Crippen LogP contribution < -0.4 is 19.7 Å². The van der Waals surface area contributed by atoms with Crippen LogP contribution in [0.15, 0.2) is 18.2 Å². The van der Waals surface area contributed by atoms with Crippen LogP contribution >= 0.6 is 0 Å². The zero-order valence-electron chi connectivity index (χ0n) is 14.6. The van der Waals surface area contributed by atoms with Gasteiger partial charge in [-0.15, -0.1) is 0 Å². The number of ether oxygens (including phenoxy) is 2. The van der Waals surface area contributed by atoms with Gasteiger partial charge in [0.1, 0.15) is 11.5 Å². The van der Waals surface area contributed by atoms with E-state index in [4.69, 9.17) is 9.47 Å². The maximum Gasteiger partial charge on any atom is 0.230 e. The summed E-state index contributed by atoms with van der Waals surface area (Å²) in [5.74, 6) is 2.86. The third kappa shape index (κ3) is 5.13. The third-order valence-electron chi connectivity index (χ3n) is 4.47. The molecule has 23 heavy (non-hydrogen) atoms. The molecule has 1 aromatic carbocycles. The van der Waals surface area contributed by atoms with Gasteiger partial charge < -0.3 is 19.7 Å². The summed E-state index contributed by atoms with van der Waals surface area (Å²) < 4.78 is 10.5. The molecular formula is C18H29N2O3+. The summed E-state index contributed by atoms with van der Waals surface area (Å²) in [6.07, 6.45) is 1.83. The molecule has 1 aliphatic heterocycles. The molecule has 1 heterocycles. The monoisotopic (exact) mass is 321 g/mol. The van der Waals surface area contributed by atoms with Crippen molar-refractivity contribution in [2.75, 3.05) is 39.2 Å². The maximum atomic E-state index is 12.3. The van der Waals surface area contributed by atoms with Crippen LogP contribution in [-0.4, -0.2) is 39.8 Å². The van der Waals surface area contributed by atoms with Gasteiger partial charge in [0.2, 0.25) is 5.91 Å². The number of piperidine rings is 1. The highest BCUT2D eigenvalue weighted by atomic mass is 16.5. The summed E-state index contributed by atoms with van der Waals surface area (Å²) in [6, 6.07) is 5.40. The zero-order chi connectivity index (χ0) is 16.8. The number of hydrogen-bond acceptors (Lipinski definition) is 3. The van der Waals surface area contributed by atoms with Crippen molar-refractivity contribution >= 4 is 11.6 Å². The van der Waals surface area contributed by atoms with Gasteiger partial charge in [0.15, 0.2) is 0 Å². The topological polar surface area (TPSA) is 52.0 Å². The lowest BCUT2D eigenvalue weighted by atomic mass is 9.92. The van der Waals surface area contributed by atoms with Crippen LogP contribution in [0, 0.1) is 11.8 Å². The first-order valence-corrected chi connectivity index (χ1v) is 8.37. The zero-order valence-corrected chi connectivity index (χ0v) is 14.6. The summed E-state index contributed by atoms with van der Waals surface area (Å²) in [7, 11) is 3.20. The number of nitrogens with one attached hydrogen (secondary N) is 2. The Bertz CT molecular complexity index is 523. The molecule has 0 bridgehead atoms. The van der Waals surface area contributed by atoms with Gasteiger partial charge in [-0.25, -0.2) is 0 Å². The lowest BCUT2D eigenvalue weighted by Crippen LogP contribution is -3.14. The van der Waals surface area contributed by atoms with E-state index in [0.29, 0.717) is 23.6 Å². The number of likely N-dealkylation sites (tertiary alicyclic amines) is 1. The molecule has 128 valence electrons. The second-order valence-electron chi connectivity index (χ2n) is 6.72. The van der Waals surface area contributed by atoms with E-state index in [2.05, 4.69) is 19.2 Å². The standard InChI is InChI=1S/C18H28N2O3/c1-13-9-14(2)12-20(11-13)8-7-18(21)19-16-10-15(22-3)5-6-17(16)23-4/h5-6,10,13-14H,7-9,11-12H2,1-4H3,(H,19,21)/p+1/t13-,14-/m0/s1. The van der Waals surface area contributed by atoms with Crippen LogP contribution in [0.4, 0.5) is 5.69 Å². The maximum absolute atomic E-state index is 12.3. The molecule has 5 heteroatoms. The van der Waals surface area contributed by atoms with E-state index >= 15 is 0 Å². The van der Waals surface area contributed by atoms with Crippen molar-refractivity contribution in [3.63, 3.8) is 0 Å². The first-order valence-electron chi connectivity index (χ1n) is 8.37. The molecule has 2 atom stereocenters. The Kier molecular flexibility index (Phi) is 6.28. The second kappa shape index (κ2) is 8.20. The van der Waals surface area contributed by atoms with E-state index in [1.807, 2.05) is 6.07 Å². The molecule has 1 aromatic rings. The minimum atomic E-state index is 0.0231. The lowest BCUT2D eigenvalue weighted by Gasteiger charge is -2.31. The Labute approximate surface area is 139 Å². The largest absolute Gasteiger partial charge is 0.497 e. The molecule has 1 saturated heterocycles. The summed E-state index contributed by atoms with van der Waals surface area (Å²) in [6.45, 7) is 7.82. The van der Waals surface area contributed by atoms with Crippen LogP contribution in [0.3, 0.4) is 0 Å². The van der Waals surface area contributed by atoms with Gasteiger partial charge in [-0.05, 0) is 18.6 Å². The summed E-state index contributed by atoms with van der Waals surface area (Å²) in [4.78, 5) is 13.8. The molecular weight excluding hydrogens is 292 g/mol. The van der Waals surface area contributed by atoms with Gasteiger partial charge in [0, 0.05) is 17.9 Å². The SMILES string of the molecule is COc1ccc(OC)c(NC(=O)CC[NH+]2C[C@@H](C)C[C@H](C)C2)c1. The molecule has 0 saturated carbocycles. The van der Waals surface area contributed by atoms with Crippen molar-refractivity contribution < 1.29 is 19.2 Å². The predicted octanol–water partition coefficient (Wildman–Crippen LogP) is 1.59. The predicted molar refractivity (Wildman–Crippen MR) is 91.3 cm³/mol. The second-order valence-corrected chi connectivity index (χ2v) is 6.72. The molecule has 2 N–H and O–H groups in total. The minimum Gasteiger partial charge on any atom is -0.497 e. The highest BCUT2D eigenvalue weighted by Crippen LogP contribution is 2.28. The van der Waals surface area contributed by atoms with E-state index < -0.39 is 0 Å². The Balaban J connectivity index is 1.89. The molecule has 5 nitrogen and oxygen atoms in total. The van der Waals surface area contributed by atoms with Gasteiger partial charge in [-0.2, -0.15) is 0 Å². The summed E-state index contributed by atoms with van der Waals surface area (Å²) in [5, 5.41) is 2.94.